The Bertz CT molecular complexity index is 166. The molecule has 0 aromatic carbocycles. The highest BCUT2D eigenvalue weighted by Crippen LogP contribution is 2.04. The maximum atomic E-state index is 5.13. The van der Waals surface area contributed by atoms with Gasteiger partial charge in [0.15, 0.2) is 0 Å². The molecule has 1 atom stereocenters. The molecule has 0 aliphatic carbocycles. The van der Waals surface area contributed by atoms with Crippen molar-refractivity contribution < 1.29 is 4.74 Å². The van der Waals surface area contributed by atoms with Crippen LogP contribution in [0.5, 0.6) is 0 Å². The predicted molar refractivity (Wildman–Crippen MR) is 71.0 cm³/mol. The van der Waals surface area contributed by atoms with Crippen LogP contribution < -0.4 is 5.32 Å². The molecule has 0 aliphatic rings. The number of hydrogen-bond acceptors (Lipinski definition) is 3. The third-order valence-electron chi connectivity index (χ3n) is 2.83. The van der Waals surface area contributed by atoms with Crippen molar-refractivity contribution in [2.75, 3.05) is 33.4 Å². The van der Waals surface area contributed by atoms with Gasteiger partial charge in [-0.25, -0.2) is 0 Å². The van der Waals surface area contributed by atoms with Gasteiger partial charge < -0.3 is 10.1 Å². The van der Waals surface area contributed by atoms with Crippen molar-refractivity contribution in [2.45, 2.75) is 52.6 Å². The van der Waals surface area contributed by atoms with Crippen LogP contribution in [0.1, 0.15) is 41.0 Å². The van der Waals surface area contributed by atoms with Gasteiger partial charge in [0.05, 0.1) is 6.61 Å². The largest absolute Gasteiger partial charge is 0.383 e. The van der Waals surface area contributed by atoms with Crippen molar-refractivity contribution in [1.29, 1.82) is 0 Å². The normalized spacial score (nSPS) is 14.4. The Morgan fingerprint density at radius 3 is 2.38 bits per heavy atom. The molecular formula is C13H30N2O. The third kappa shape index (κ3) is 8.08. The highest BCUT2D eigenvalue weighted by molar-refractivity contribution is 4.73. The summed E-state index contributed by atoms with van der Waals surface area (Å²) in [6.07, 6.45) is 1.19. The summed E-state index contributed by atoms with van der Waals surface area (Å²) in [5.41, 5.74) is 0.225. The van der Waals surface area contributed by atoms with Gasteiger partial charge in [0, 0.05) is 25.2 Å². The first kappa shape index (κ1) is 15.9. The van der Waals surface area contributed by atoms with Gasteiger partial charge in [-0.1, -0.05) is 6.92 Å². The molecule has 0 radical (unpaired) electrons. The molecular weight excluding hydrogens is 200 g/mol. The minimum absolute atomic E-state index is 0.225. The number of ether oxygens (including phenoxy) is 1. The molecule has 0 rings (SSSR count). The molecule has 1 N–H and O–H groups in total. The second kappa shape index (κ2) is 8.04. The summed E-state index contributed by atoms with van der Waals surface area (Å²) >= 11 is 0. The summed E-state index contributed by atoms with van der Waals surface area (Å²) in [6, 6.07) is 0.620. The SMILES string of the molecule is CCN(CCOC)C(C)CCNC(C)(C)C. The van der Waals surface area contributed by atoms with Crippen LogP contribution in [0.2, 0.25) is 0 Å². The second-order valence-corrected chi connectivity index (χ2v) is 5.44. The molecule has 0 aromatic heterocycles. The summed E-state index contributed by atoms with van der Waals surface area (Å²) in [5, 5.41) is 3.53. The molecule has 0 fully saturated rings. The summed E-state index contributed by atoms with van der Waals surface area (Å²) in [5.74, 6) is 0. The number of hydrogen-bond donors (Lipinski definition) is 1. The fourth-order valence-corrected chi connectivity index (χ4v) is 1.74. The third-order valence-corrected chi connectivity index (χ3v) is 2.83. The molecule has 0 bridgehead atoms. The van der Waals surface area contributed by atoms with E-state index in [9.17, 15) is 0 Å². The lowest BCUT2D eigenvalue weighted by molar-refractivity contribution is 0.125. The van der Waals surface area contributed by atoms with E-state index in [4.69, 9.17) is 4.74 Å². The Kier molecular flexibility index (Phi) is 7.98. The van der Waals surface area contributed by atoms with Crippen molar-refractivity contribution in [2.24, 2.45) is 0 Å². The Morgan fingerprint density at radius 2 is 1.94 bits per heavy atom. The number of likely N-dealkylation sites (N-methyl/N-ethyl adjacent to an activating group) is 1. The molecule has 0 amide bonds. The summed E-state index contributed by atoms with van der Waals surface area (Å²) in [6.45, 7) is 15.2. The fourth-order valence-electron chi connectivity index (χ4n) is 1.74. The van der Waals surface area contributed by atoms with Gasteiger partial charge in [-0.05, 0) is 47.2 Å². The highest BCUT2D eigenvalue weighted by atomic mass is 16.5. The standard InChI is InChI=1S/C13H30N2O/c1-7-15(10-11-16-6)12(2)8-9-14-13(3,4)5/h12,14H,7-11H2,1-6H3. The zero-order chi connectivity index (χ0) is 12.6. The Labute approximate surface area is 102 Å². The molecule has 3 heteroatoms. The van der Waals surface area contributed by atoms with Gasteiger partial charge in [-0.2, -0.15) is 0 Å². The van der Waals surface area contributed by atoms with Crippen LogP contribution in [0.3, 0.4) is 0 Å². The van der Waals surface area contributed by atoms with Gasteiger partial charge in [-0.3, -0.25) is 4.90 Å². The summed E-state index contributed by atoms with van der Waals surface area (Å²) in [7, 11) is 1.76. The zero-order valence-electron chi connectivity index (χ0n) is 12.0. The van der Waals surface area contributed by atoms with Crippen molar-refractivity contribution in [3.05, 3.63) is 0 Å². The van der Waals surface area contributed by atoms with Crippen LogP contribution in [0.4, 0.5) is 0 Å². The molecule has 0 aromatic rings. The van der Waals surface area contributed by atoms with Gasteiger partial charge >= 0.3 is 0 Å². The maximum absolute atomic E-state index is 5.13. The minimum atomic E-state index is 0.225. The smallest absolute Gasteiger partial charge is 0.0589 e. The molecule has 0 aliphatic heterocycles. The van der Waals surface area contributed by atoms with Crippen molar-refractivity contribution in [3.63, 3.8) is 0 Å². The molecule has 0 saturated heterocycles. The first-order chi connectivity index (χ1) is 7.40. The average Bonchev–Trinajstić information content (AvgIpc) is 2.17. The molecule has 3 nitrogen and oxygen atoms in total. The lowest BCUT2D eigenvalue weighted by Gasteiger charge is -2.29. The fraction of sp³-hybridized carbons (Fsp3) is 1.00. The van der Waals surface area contributed by atoms with E-state index in [0.717, 1.165) is 26.2 Å². The van der Waals surface area contributed by atoms with E-state index in [2.05, 4.69) is 44.8 Å². The van der Waals surface area contributed by atoms with Gasteiger partial charge in [0.2, 0.25) is 0 Å². The number of nitrogens with zero attached hydrogens (tertiary/aromatic N) is 1. The van der Waals surface area contributed by atoms with E-state index in [1.807, 2.05) is 0 Å². The molecule has 1 unspecified atom stereocenters. The lowest BCUT2D eigenvalue weighted by atomic mass is 10.1. The van der Waals surface area contributed by atoms with E-state index in [0.29, 0.717) is 6.04 Å². The van der Waals surface area contributed by atoms with Gasteiger partial charge in [-0.15, -0.1) is 0 Å². The molecule has 98 valence electrons. The Morgan fingerprint density at radius 1 is 1.31 bits per heavy atom. The van der Waals surface area contributed by atoms with Crippen molar-refractivity contribution >= 4 is 0 Å². The van der Waals surface area contributed by atoms with E-state index in [1.54, 1.807) is 7.11 Å². The van der Waals surface area contributed by atoms with Crippen LogP contribution in [0.15, 0.2) is 0 Å². The molecule has 16 heavy (non-hydrogen) atoms. The second-order valence-electron chi connectivity index (χ2n) is 5.44. The average molecular weight is 230 g/mol. The predicted octanol–water partition coefficient (Wildman–Crippen LogP) is 2.12. The quantitative estimate of drug-likeness (QED) is 0.691. The van der Waals surface area contributed by atoms with E-state index in [1.165, 1.54) is 6.42 Å². The van der Waals surface area contributed by atoms with Crippen LogP contribution in [0.25, 0.3) is 0 Å². The monoisotopic (exact) mass is 230 g/mol. The van der Waals surface area contributed by atoms with Gasteiger partial charge in [0.25, 0.3) is 0 Å². The highest BCUT2D eigenvalue weighted by Gasteiger charge is 2.13. The first-order valence-corrected chi connectivity index (χ1v) is 6.38. The van der Waals surface area contributed by atoms with E-state index >= 15 is 0 Å². The van der Waals surface area contributed by atoms with Crippen molar-refractivity contribution in [1.82, 2.24) is 10.2 Å². The molecule has 0 heterocycles. The van der Waals surface area contributed by atoms with Crippen LogP contribution in [0, 0.1) is 0 Å². The molecule has 0 spiro atoms. The Hall–Kier alpha value is -0.120. The zero-order valence-corrected chi connectivity index (χ0v) is 12.0. The Balaban J connectivity index is 3.79. The number of rotatable bonds is 8. The number of nitrogens with one attached hydrogen (secondary N) is 1. The summed E-state index contributed by atoms with van der Waals surface area (Å²) < 4.78 is 5.13. The summed E-state index contributed by atoms with van der Waals surface area (Å²) in [4.78, 5) is 2.47. The van der Waals surface area contributed by atoms with Crippen molar-refractivity contribution in [3.8, 4) is 0 Å². The topological polar surface area (TPSA) is 24.5 Å². The van der Waals surface area contributed by atoms with E-state index in [-0.39, 0.29) is 5.54 Å². The molecule has 0 saturated carbocycles. The minimum Gasteiger partial charge on any atom is -0.383 e. The van der Waals surface area contributed by atoms with Gasteiger partial charge in [0.1, 0.15) is 0 Å². The van der Waals surface area contributed by atoms with Crippen LogP contribution in [-0.2, 0) is 4.74 Å². The maximum Gasteiger partial charge on any atom is 0.0589 e. The first-order valence-electron chi connectivity index (χ1n) is 6.38. The van der Waals surface area contributed by atoms with E-state index < -0.39 is 0 Å². The van der Waals surface area contributed by atoms with Crippen LogP contribution in [-0.4, -0.2) is 49.8 Å². The number of methoxy groups -OCH3 is 1. The lowest BCUT2D eigenvalue weighted by Crippen LogP contribution is -2.41. The van der Waals surface area contributed by atoms with Crippen LogP contribution >= 0.6 is 0 Å².